The molecule has 0 bridgehead atoms. The van der Waals surface area contributed by atoms with Gasteiger partial charge in [0, 0.05) is 6.04 Å². The lowest BCUT2D eigenvalue weighted by Crippen LogP contribution is -2.35. The molecule has 17 heavy (non-hydrogen) atoms. The van der Waals surface area contributed by atoms with Crippen molar-refractivity contribution in [3.8, 4) is 0 Å². The summed E-state index contributed by atoms with van der Waals surface area (Å²) in [6, 6.07) is 2.52. The summed E-state index contributed by atoms with van der Waals surface area (Å²) < 4.78 is 1.19. The molecule has 0 aromatic carbocycles. The van der Waals surface area contributed by atoms with Gasteiger partial charge in [0.05, 0.1) is 3.79 Å². The Morgan fingerprint density at radius 2 is 2.41 bits per heavy atom. The van der Waals surface area contributed by atoms with E-state index in [0.717, 1.165) is 5.92 Å². The van der Waals surface area contributed by atoms with E-state index < -0.39 is 0 Å². The van der Waals surface area contributed by atoms with Crippen LogP contribution in [0.5, 0.6) is 0 Å². The first kappa shape index (κ1) is 13.5. The number of hydrogen-bond donors (Lipinski definition) is 2. The number of nitrogens with one attached hydrogen (secondary N) is 1. The molecule has 1 saturated carbocycles. The summed E-state index contributed by atoms with van der Waals surface area (Å²) in [5.41, 5.74) is 4.37. The number of rotatable bonds is 4. The Kier molecular flexibility index (Phi) is 5.03. The van der Waals surface area contributed by atoms with Crippen molar-refractivity contribution in [3.05, 3.63) is 20.8 Å². The molecule has 1 aromatic rings. The Bertz CT molecular complexity index is 353. The number of hydrogen-bond acceptors (Lipinski definition) is 3. The van der Waals surface area contributed by atoms with E-state index in [1.807, 2.05) is 0 Å². The van der Waals surface area contributed by atoms with Gasteiger partial charge in [-0.25, -0.2) is 0 Å². The van der Waals surface area contributed by atoms with Gasteiger partial charge < -0.3 is 0 Å². The molecule has 96 valence electrons. The normalized spacial score (nSPS) is 27.0. The van der Waals surface area contributed by atoms with E-state index in [-0.39, 0.29) is 0 Å². The van der Waals surface area contributed by atoms with Crippen LogP contribution in [0.3, 0.4) is 0 Å². The van der Waals surface area contributed by atoms with E-state index in [1.54, 1.807) is 11.3 Å². The van der Waals surface area contributed by atoms with E-state index in [4.69, 9.17) is 5.84 Å². The first-order valence-electron chi connectivity index (χ1n) is 6.44. The van der Waals surface area contributed by atoms with Crippen molar-refractivity contribution in [3.63, 3.8) is 0 Å². The summed E-state index contributed by atoms with van der Waals surface area (Å²) >= 11 is 5.27. The Labute approximate surface area is 116 Å². The van der Waals surface area contributed by atoms with E-state index in [1.165, 1.54) is 41.5 Å². The molecule has 3 N–H and O–H groups in total. The molecule has 0 spiro atoms. The molecule has 2 rings (SSSR count). The minimum Gasteiger partial charge on any atom is -0.271 e. The molecule has 0 aliphatic heterocycles. The van der Waals surface area contributed by atoms with Crippen molar-refractivity contribution in [1.82, 2.24) is 5.43 Å². The SMILES string of the molecule is CCC1CCCC(C(NN)c2csc(Br)c2)C1. The van der Waals surface area contributed by atoms with E-state index in [9.17, 15) is 0 Å². The second-order valence-electron chi connectivity index (χ2n) is 5.03. The van der Waals surface area contributed by atoms with Crippen molar-refractivity contribution >= 4 is 27.3 Å². The highest BCUT2D eigenvalue weighted by Crippen LogP contribution is 2.39. The van der Waals surface area contributed by atoms with Crippen molar-refractivity contribution in [2.24, 2.45) is 17.7 Å². The smallest absolute Gasteiger partial charge is 0.0701 e. The summed E-state index contributed by atoms with van der Waals surface area (Å²) in [7, 11) is 0. The van der Waals surface area contributed by atoms with Gasteiger partial charge in [-0.2, -0.15) is 0 Å². The van der Waals surface area contributed by atoms with E-state index >= 15 is 0 Å². The molecule has 1 aliphatic carbocycles. The van der Waals surface area contributed by atoms with Crippen LogP contribution >= 0.6 is 27.3 Å². The van der Waals surface area contributed by atoms with Crippen LogP contribution < -0.4 is 11.3 Å². The van der Waals surface area contributed by atoms with Crippen molar-refractivity contribution in [1.29, 1.82) is 0 Å². The molecule has 1 aliphatic rings. The highest BCUT2D eigenvalue weighted by atomic mass is 79.9. The second-order valence-corrected chi connectivity index (χ2v) is 7.32. The molecular formula is C13H21BrN2S. The van der Waals surface area contributed by atoms with Crippen LogP contribution in [0.15, 0.2) is 15.2 Å². The zero-order chi connectivity index (χ0) is 12.3. The average molecular weight is 317 g/mol. The predicted molar refractivity (Wildman–Crippen MR) is 77.8 cm³/mol. The minimum atomic E-state index is 0.326. The third kappa shape index (κ3) is 3.31. The Morgan fingerprint density at radius 1 is 1.59 bits per heavy atom. The maximum Gasteiger partial charge on any atom is 0.0701 e. The van der Waals surface area contributed by atoms with Gasteiger partial charge >= 0.3 is 0 Å². The highest BCUT2D eigenvalue weighted by Gasteiger charge is 2.28. The van der Waals surface area contributed by atoms with Crippen molar-refractivity contribution < 1.29 is 0 Å². The lowest BCUT2D eigenvalue weighted by atomic mass is 9.76. The van der Waals surface area contributed by atoms with Crippen LogP contribution in [0.4, 0.5) is 0 Å². The first-order chi connectivity index (χ1) is 8.24. The molecular weight excluding hydrogens is 296 g/mol. The van der Waals surface area contributed by atoms with Crippen LogP contribution in [0.2, 0.25) is 0 Å². The summed E-state index contributed by atoms with van der Waals surface area (Å²) in [6.07, 6.45) is 6.68. The topological polar surface area (TPSA) is 38.0 Å². The van der Waals surface area contributed by atoms with Gasteiger partial charge in [0.25, 0.3) is 0 Å². The Balaban J connectivity index is 2.07. The Hall–Kier alpha value is 0.100. The molecule has 0 amide bonds. The number of halogens is 1. The van der Waals surface area contributed by atoms with Gasteiger partial charge in [-0.05, 0) is 57.6 Å². The monoisotopic (exact) mass is 316 g/mol. The highest BCUT2D eigenvalue weighted by molar-refractivity contribution is 9.11. The summed E-state index contributed by atoms with van der Waals surface area (Å²) in [4.78, 5) is 0. The van der Waals surface area contributed by atoms with E-state index in [2.05, 4.69) is 39.7 Å². The molecule has 1 fully saturated rings. The standard InChI is InChI=1S/C13H21BrN2S/c1-2-9-4-3-5-10(6-9)13(16-15)11-7-12(14)17-8-11/h7-10,13,16H,2-6,15H2,1H3. The fourth-order valence-corrected chi connectivity index (χ4v) is 4.21. The number of hydrazine groups is 1. The van der Waals surface area contributed by atoms with Crippen molar-refractivity contribution in [2.45, 2.75) is 45.1 Å². The van der Waals surface area contributed by atoms with Gasteiger partial charge in [-0.3, -0.25) is 11.3 Å². The lowest BCUT2D eigenvalue weighted by molar-refractivity contribution is 0.210. The molecule has 4 heteroatoms. The summed E-state index contributed by atoms with van der Waals surface area (Å²) in [5.74, 6) is 7.36. The third-order valence-electron chi connectivity index (χ3n) is 4.00. The lowest BCUT2D eigenvalue weighted by Gasteiger charge is -2.33. The number of thiophene rings is 1. The molecule has 2 nitrogen and oxygen atoms in total. The van der Waals surface area contributed by atoms with Gasteiger partial charge in [-0.1, -0.05) is 26.2 Å². The van der Waals surface area contributed by atoms with Gasteiger partial charge in [0.1, 0.15) is 0 Å². The Morgan fingerprint density at radius 3 is 3.00 bits per heavy atom. The van der Waals surface area contributed by atoms with Crippen LogP contribution in [-0.4, -0.2) is 0 Å². The zero-order valence-corrected chi connectivity index (χ0v) is 12.7. The first-order valence-corrected chi connectivity index (χ1v) is 8.12. The molecule has 1 aromatic heterocycles. The molecule has 0 saturated heterocycles. The third-order valence-corrected chi connectivity index (χ3v) is 5.52. The molecule has 3 unspecified atom stereocenters. The fourth-order valence-electron chi connectivity index (χ4n) is 3.00. The van der Waals surface area contributed by atoms with E-state index in [0.29, 0.717) is 12.0 Å². The van der Waals surface area contributed by atoms with Gasteiger partial charge in [0.15, 0.2) is 0 Å². The predicted octanol–water partition coefficient (Wildman–Crippen LogP) is 4.23. The second kappa shape index (κ2) is 6.32. The summed E-state index contributed by atoms with van der Waals surface area (Å²) in [5, 5.41) is 2.21. The molecule has 0 radical (unpaired) electrons. The molecule has 3 atom stereocenters. The largest absolute Gasteiger partial charge is 0.271 e. The zero-order valence-electron chi connectivity index (χ0n) is 10.3. The fraction of sp³-hybridized carbons (Fsp3) is 0.692. The van der Waals surface area contributed by atoms with Gasteiger partial charge in [0.2, 0.25) is 0 Å². The maximum atomic E-state index is 5.77. The quantitative estimate of drug-likeness (QED) is 0.644. The van der Waals surface area contributed by atoms with Crippen LogP contribution in [0.1, 0.15) is 50.6 Å². The molecule has 1 heterocycles. The van der Waals surface area contributed by atoms with Gasteiger partial charge in [-0.15, -0.1) is 11.3 Å². The minimum absolute atomic E-state index is 0.326. The number of nitrogens with two attached hydrogens (primary N) is 1. The average Bonchev–Trinajstić information content (AvgIpc) is 2.77. The summed E-state index contributed by atoms with van der Waals surface area (Å²) in [6.45, 7) is 2.30. The maximum absolute atomic E-state index is 5.77. The van der Waals surface area contributed by atoms with Crippen LogP contribution in [-0.2, 0) is 0 Å². The van der Waals surface area contributed by atoms with Crippen LogP contribution in [0.25, 0.3) is 0 Å². The van der Waals surface area contributed by atoms with Crippen molar-refractivity contribution in [2.75, 3.05) is 0 Å². The van der Waals surface area contributed by atoms with Crippen LogP contribution in [0, 0.1) is 11.8 Å².